The van der Waals surface area contributed by atoms with Gasteiger partial charge in [-0.15, -0.1) is 0 Å². The van der Waals surface area contributed by atoms with Gasteiger partial charge in [0.15, 0.2) is 0 Å². The highest BCUT2D eigenvalue weighted by molar-refractivity contribution is 5.93. The fourth-order valence-corrected chi connectivity index (χ4v) is 3.03. The van der Waals surface area contributed by atoms with Crippen molar-refractivity contribution >= 4 is 11.6 Å². The Kier molecular flexibility index (Phi) is 5.01. The molecule has 1 aromatic rings. The largest absolute Gasteiger partial charge is 0.387 e. The molecular weight excluding hydrogens is 264 g/mol. The van der Waals surface area contributed by atoms with Crippen LogP contribution in [-0.4, -0.2) is 41.1 Å². The molecule has 1 aliphatic heterocycles. The number of para-hydroxylation sites is 1. The number of amides is 1. The molecule has 21 heavy (non-hydrogen) atoms. The second-order valence-corrected chi connectivity index (χ2v) is 6.41. The summed E-state index contributed by atoms with van der Waals surface area (Å²) in [4.78, 5) is 14.1. The van der Waals surface area contributed by atoms with Crippen molar-refractivity contribution in [3.05, 3.63) is 29.8 Å². The van der Waals surface area contributed by atoms with Crippen LogP contribution in [-0.2, 0) is 4.79 Å². The first kappa shape index (κ1) is 16.0. The Morgan fingerprint density at radius 1 is 1.38 bits per heavy atom. The zero-order chi connectivity index (χ0) is 15.5. The lowest BCUT2D eigenvalue weighted by atomic mass is 9.89. The maximum atomic E-state index is 12.1. The van der Waals surface area contributed by atoms with Crippen LogP contribution < -0.4 is 5.32 Å². The first-order valence-electron chi connectivity index (χ1n) is 7.77. The molecule has 0 spiro atoms. The molecule has 2 rings (SSSR count). The topological polar surface area (TPSA) is 52.6 Å². The highest BCUT2D eigenvalue weighted by Gasteiger charge is 2.40. The van der Waals surface area contributed by atoms with E-state index in [9.17, 15) is 9.90 Å². The minimum Gasteiger partial charge on any atom is -0.387 e. The summed E-state index contributed by atoms with van der Waals surface area (Å²) in [7, 11) is 0. The summed E-state index contributed by atoms with van der Waals surface area (Å²) >= 11 is 0. The molecule has 2 N–H and O–H groups in total. The number of carbonyl (C=O) groups is 1. The van der Waals surface area contributed by atoms with Crippen LogP contribution in [0.1, 0.15) is 45.1 Å². The van der Waals surface area contributed by atoms with Crippen molar-refractivity contribution in [3.8, 4) is 0 Å². The minimum atomic E-state index is -0.579. The summed E-state index contributed by atoms with van der Waals surface area (Å²) in [6, 6.07) is 7.91. The average molecular weight is 290 g/mol. The number of nitrogens with one attached hydrogen (secondary N) is 1. The first-order valence-corrected chi connectivity index (χ1v) is 7.77. The predicted octanol–water partition coefficient (Wildman–Crippen LogP) is 2.60. The number of likely N-dealkylation sites (tertiary alicyclic amines) is 1. The van der Waals surface area contributed by atoms with Crippen LogP contribution in [0.15, 0.2) is 24.3 Å². The van der Waals surface area contributed by atoms with Crippen LogP contribution in [0.4, 0.5) is 5.69 Å². The average Bonchev–Trinajstić information content (AvgIpc) is 2.37. The van der Waals surface area contributed by atoms with Crippen molar-refractivity contribution in [2.45, 2.75) is 45.1 Å². The van der Waals surface area contributed by atoms with Crippen LogP contribution >= 0.6 is 0 Å². The van der Waals surface area contributed by atoms with E-state index in [1.807, 2.05) is 29.2 Å². The maximum absolute atomic E-state index is 12.1. The van der Waals surface area contributed by atoms with Gasteiger partial charge < -0.3 is 10.4 Å². The molecule has 0 saturated carbocycles. The Balaban J connectivity index is 1.87. The van der Waals surface area contributed by atoms with Crippen LogP contribution in [0.2, 0.25) is 0 Å². The molecule has 4 nitrogen and oxygen atoms in total. The summed E-state index contributed by atoms with van der Waals surface area (Å²) < 4.78 is 0. The Morgan fingerprint density at radius 2 is 2.05 bits per heavy atom. The normalized spacial score (nSPS) is 17.6. The zero-order valence-corrected chi connectivity index (χ0v) is 13.2. The minimum absolute atomic E-state index is 0.0124. The van der Waals surface area contributed by atoms with Gasteiger partial charge in [-0.2, -0.15) is 0 Å². The number of hydrogen-bond acceptors (Lipinski definition) is 3. The Labute approximate surface area is 127 Å². The molecule has 1 amide bonds. The zero-order valence-electron chi connectivity index (χ0n) is 13.2. The quantitative estimate of drug-likeness (QED) is 0.846. The van der Waals surface area contributed by atoms with Gasteiger partial charge in [-0.05, 0) is 24.0 Å². The number of nitrogens with zero attached hydrogens (tertiary/aromatic N) is 1. The molecule has 0 unspecified atom stereocenters. The molecule has 0 atom stereocenters. The van der Waals surface area contributed by atoms with E-state index in [0.717, 1.165) is 24.1 Å². The lowest BCUT2D eigenvalue weighted by molar-refractivity contribution is -0.129. The summed E-state index contributed by atoms with van der Waals surface area (Å²) in [6.07, 6.45) is 1.78. The molecule has 1 aliphatic rings. The van der Waals surface area contributed by atoms with E-state index in [4.69, 9.17) is 0 Å². The van der Waals surface area contributed by atoms with E-state index in [1.165, 1.54) is 0 Å². The SMILES string of the molecule is CCCC1(O)CN(CC(=O)Nc2ccccc2C(C)C)C1. The number of benzene rings is 1. The molecule has 0 bridgehead atoms. The monoisotopic (exact) mass is 290 g/mol. The van der Waals surface area contributed by atoms with Gasteiger partial charge in [0.25, 0.3) is 0 Å². The predicted molar refractivity (Wildman–Crippen MR) is 85.5 cm³/mol. The highest BCUT2D eigenvalue weighted by atomic mass is 16.3. The Bertz CT molecular complexity index is 493. The summed E-state index contributed by atoms with van der Waals surface area (Å²) in [5.41, 5.74) is 1.46. The second kappa shape index (κ2) is 6.58. The molecular formula is C17H26N2O2. The number of carbonyl (C=O) groups excluding carboxylic acids is 1. The van der Waals surface area contributed by atoms with Gasteiger partial charge in [-0.1, -0.05) is 45.4 Å². The lowest BCUT2D eigenvalue weighted by Crippen LogP contribution is -2.62. The number of rotatable bonds is 6. The number of β-amino-alcohol motifs (C(OH)–C–C–N with tert-alkyl or cyclic N) is 1. The van der Waals surface area contributed by atoms with Gasteiger partial charge in [0, 0.05) is 18.8 Å². The fourth-order valence-electron chi connectivity index (χ4n) is 3.03. The van der Waals surface area contributed by atoms with E-state index >= 15 is 0 Å². The van der Waals surface area contributed by atoms with Crippen LogP contribution in [0.25, 0.3) is 0 Å². The van der Waals surface area contributed by atoms with Crippen LogP contribution in [0.3, 0.4) is 0 Å². The van der Waals surface area contributed by atoms with E-state index in [1.54, 1.807) is 0 Å². The third-order valence-corrected chi connectivity index (χ3v) is 3.98. The number of hydrogen-bond donors (Lipinski definition) is 2. The molecule has 0 radical (unpaired) electrons. The lowest BCUT2D eigenvalue weighted by Gasteiger charge is -2.46. The second-order valence-electron chi connectivity index (χ2n) is 6.41. The van der Waals surface area contributed by atoms with Gasteiger partial charge in [0.2, 0.25) is 5.91 Å². The van der Waals surface area contributed by atoms with Crippen molar-refractivity contribution in [1.29, 1.82) is 0 Å². The van der Waals surface area contributed by atoms with Gasteiger partial charge in [0.05, 0.1) is 12.1 Å². The molecule has 4 heteroatoms. The molecule has 0 aromatic heterocycles. The van der Waals surface area contributed by atoms with Gasteiger partial charge in [-0.3, -0.25) is 9.69 Å². The Morgan fingerprint density at radius 3 is 2.67 bits per heavy atom. The van der Waals surface area contributed by atoms with E-state index in [0.29, 0.717) is 25.6 Å². The molecule has 116 valence electrons. The molecule has 1 fully saturated rings. The van der Waals surface area contributed by atoms with Gasteiger partial charge in [-0.25, -0.2) is 0 Å². The summed E-state index contributed by atoms with van der Waals surface area (Å²) in [5.74, 6) is 0.363. The van der Waals surface area contributed by atoms with E-state index < -0.39 is 5.60 Å². The Hall–Kier alpha value is -1.39. The number of aliphatic hydroxyl groups is 1. The van der Waals surface area contributed by atoms with Crippen LogP contribution in [0, 0.1) is 0 Å². The molecule has 1 saturated heterocycles. The molecule has 1 aromatic carbocycles. The fraction of sp³-hybridized carbons (Fsp3) is 0.588. The molecule has 0 aliphatic carbocycles. The van der Waals surface area contributed by atoms with Gasteiger partial charge >= 0.3 is 0 Å². The van der Waals surface area contributed by atoms with Crippen molar-refractivity contribution in [2.24, 2.45) is 0 Å². The van der Waals surface area contributed by atoms with Gasteiger partial charge in [0.1, 0.15) is 0 Å². The summed E-state index contributed by atoms with van der Waals surface area (Å²) in [5, 5.41) is 13.1. The van der Waals surface area contributed by atoms with Crippen molar-refractivity contribution in [2.75, 3.05) is 25.0 Å². The smallest absolute Gasteiger partial charge is 0.238 e. The maximum Gasteiger partial charge on any atom is 0.238 e. The van der Waals surface area contributed by atoms with E-state index in [-0.39, 0.29) is 5.91 Å². The van der Waals surface area contributed by atoms with Crippen LogP contribution in [0.5, 0.6) is 0 Å². The number of anilines is 1. The molecule has 1 heterocycles. The van der Waals surface area contributed by atoms with Crippen molar-refractivity contribution < 1.29 is 9.90 Å². The third-order valence-electron chi connectivity index (χ3n) is 3.98. The van der Waals surface area contributed by atoms with E-state index in [2.05, 4.69) is 26.1 Å². The first-order chi connectivity index (χ1) is 9.93. The third kappa shape index (κ3) is 4.05. The standard InChI is InChI=1S/C17H26N2O2/c1-4-9-17(21)11-19(12-17)10-16(20)18-15-8-6-5-7-14(15)13(2)3/h5-8,13,21H,4,9-12H2,1-3H3,(H,18,20). The summed E-state index contributed by atoms with van der Waals surface area (Å²) in [6.45, 7) is 7.84. The van der Waals surface area contributed by atoms with Crippen molar-refractivity contribution in [1.82, 2.24) is 4.90 Å². The highest BCUT2D eigenvalue weighted by Crippen LogP contribution is 2.26. The van der Waals surface area contributed by atoms with Crippen molar-refractivity contribution in [3.63, 3.8) is 0 Å².